The number of hydrogen-bond donors (Lipinski definition) is 1. The molecule has 1 aromatic heterocycles. The fourth-order valence-electron chi connectivity index (χ4n) is 2.62. The van der Waals surface area contributed by atoms with Crippen LogP contribution in [0.1, 0.15) is 18.9 Å². The van der Waals surface area contributed by atoms with Crippen molar-refractivity contribution in [3.63, 3.8) is 0 Å². The molecule has 0 atom stereocenters. The Morgan fingerprint density at radius 3 is 2.69 bits per heavy atom. The van der Waals surface area contributed by atoms with Crippen molar-refractivity contribution < 1.29 is 14.5 Å². The van der Waals surface area contributed by atoms with Crippen LogP contribution in [0, 0.1) is 10.1 Å². The highest BCUT2D eigenvalue weighted by Gasteiger charge is 2.11. The summed E-state index contributed by atoms with van der Waals surface area (Å²) in [5.74, 6) is 0.282. The third kappa shape index (κ3) is 5.61. The Hall–Kier alpha value is -2.78. The number of non-ortho nitro benzene ring substituents is 1. The van der Waals surface area contributed by atoms with Gasteiger partial charge in [0, 0.05) is 23.1 Å². The number of thiazole rings is 1. The lowest BCUT2D eigenvalue weighted by atomic mass is 10.1. The number of benzene rings is 2. The SMILES string of the molecule is CCCc1ccc(OCC(=O)Nc2nc(-c3ccc([N+](=O)[O-])cc3)cs2)c(Br)c1. The number of nitrogens with zero attached hydrogens (tertiary/aromatic N) is 2. The number of carbonyl (C=O) groups excluding carboxylic acids is 1. The first-order valence-electron chi connectivity index (χ1n) is 8.87. The third-order valence-electron chi connectivity index (χ3n) is 4.02. The summed E-state index contributed by atoms with van der Waals surface area (Å²) in [4.78, 5) is 26.8. The molecular formula is C20H18BrN3O4S. The molecule has 150 valence electrons. The van der Waals surface area contributed by atoms with Crippen LogP contribution in [0.25, 0.3) is 11.3 Å². The third-order valence-corrected chi connectivity index (χ3v) is 5.40. The van der Waals surface area contributed by atoms with Gasteiger partial charge in [0.15, 0.2) is 11.7 Å². The van der Waals surface area contributed by atoms with Crippen molar-refractivity contribution in [1.82, 2.24) is 4.98 Å². The highest BCUT2D eigenvalue weighted by Crippen LogP contribution is 2.28. The van der Waals surface area contributed by atoms with Crippen molar-refractivity contribution >= 4 is 44.0 Å². The molecule has 1 amide bonds. The summed E-state index contributed by atoms with van der Waals surface area (Å²) in [6.07, 6.45) is 2.05. The van der Waals surface area contributed by atoms with E-state index in [9.17, 15) is 14.9 Å². The van der Waals surface area contributed by atoms with Crippen molar-refractivity contribution in [2.75, 3.05) is 11.9 Å². The van der Waals surface area contributed by atoms with Gasteiger partial charge in [-0.15, -0.1) is 11.3 Å². The summed E-state index contributed by atoms with van der Waals surface area (Å²) >= 11 is 4.74. The van der Waals surface area contributed by atoms with Gasteiger partial charge in [-0.1, -0.05) is 19.4 Å². The number of carbonyl (C=O) groups is 1. The molecule has 1 heterocycles. The maximum atomic E-state index is 12.2. The van der Waals surface area contributed by atoms with Crippen LogP contribution in [0.15, 0.2) is 52.3 Å². The number of nitro benzene ring substituents is 1. The molecule has 0 saturated heterocycles. The number of amides is 1. The van der Waals surface area contributed by atoms with E-state index in [2.05, 4.69) is 33.2 Å². The molecule has 2 aromatic carbocycles. The first kappa shape index (κ1) is 20.9. The zero-order valence-corrected chi connectivity index (χ0v) is 18.0. The van der Waals surface area contributed by atoms with Crippen LogP contribution in [0.3, 0.4) is 0 Å². The standard InChI is InChI=1S/C20H18BrN3O4S/c1-2-3-13-4-9-18(16(21)10-13)28-11-19(25)23-20-22-17(12-29-20)14-5-7-15(8-6-14)24(26)27/h4-10,12H,2-3,11H2,1H3,(H,22,23,25). The van der Waals surface area contributed by atoms with Gasteiger partial charge in [-0.2, -0.15) is 0 Å². The van der Waals surface area contributed by atoms with Crippen LogP contribution < -0.4 is 10.1 Å². The highest BCUT2D eigenvalue weighted by atomic mass is 79.9. The van der Waals surface area contributed by atoms with Gasteiger partial charge in [-0.25, -0.2) is 4.98 Å². The van der Waals surface area contributed by atoms with Gasteiger partial charge in [0.05, 0.1) is 15.1 Å². The molecule has 0 radical (unpaired) electrons. The molecule has 7 nitrogen and oxygen atoms in total. The Kier molecular flexibility index (Phi) is 6.95. The van der Waals surface area contributed by atoms with Crippen LogP contribution in [-0.2, 0) is 11.2 Å². The average Bonchev–Trinajstić information content (AvgIpc) is 3.16. The molecule has 0 bridgehead atoms. The monoisotopic (exact) mass is 475 g/mol. The summed E-state index contributed by atoms with van der Waals surface area (Å²) < 4.78 is 6.40. The summed E-state index contributed by atoms with van der Waals surface area (Å²) in [5, 5.41) is 15.7. The maximum Gasteiger partial charge on any atom is 0.269 e. The van der Waals surface area contributed by atoms with Crippen molar-refractivity contribution in [2.24, 2.45) is 0 Å². The molecule has 0 saturated carbocycles. The van der Waals surface area contributed by atoms with E-state index in [4.69, 9.17) is 4.74 Å². The fraction of sp³-hybridized carbons (Fsp3) is 0.200. The van der Waals surface area contributed by atoms with Gasteiger partial charge >= 0.3 is 0 Å². The van der Waals surface area contributed by atoms with Crippen LogP contribution in [0.2, 0.25) is 0 Å². The molecule has 29 heavy (non-hydrogen) atoms. The number of aromatic nitrogens is 1. The molecule has 0 aliphatic carbocycles. The molecule has 0 aliphatic rings. The van der Waals surface area contributed by atoms with E-state index in [0.717, 1.165) is 22.9 Å². The second-order valence-electron chi connectivity index (χ2n) is 6.19. The molecule has 0 aliphatic heterocycles. The minimum Gasteiger partial charge on any atom is -0.483 e. The number of aryl methyl sites for hydroxylation is 1. The van der Waals surface area contributed by atoms with Crippen LogP contribution in [0.5, 0.6) is 5.75 Å². The van der Waals surface area contributed by atoms with E-state index in [1.807, 2.05) is 18.2 Å². The van der Waals surface area contributed by atoms with Crippen molar-refractivity contribution in [3.05, 3.63) is 68.0 Å². The van der Waals surface area contributed by atoms with E-state index in [0.29, 0.717) is 16.6 Å². The zero-order valence-electron chi connectivity index (χ0n) is 15.6. The molecule has 0 spiro atoms. The van der Waals surface area contributed by atoms with Gasteiger partial charge in [-0.05, 0) is 52.2 Å². The molecule has 3 aromatic rings. The molecule has 0 fully saturated rings. The molecule has 0 unspecified atom stereocenters. The number of nitro groups is 1. The fourth-order valence-corrected chi connectivity index (χ4v) is 3.90. The predicted octanol–water partition coefficient (Wildman–Crippen LogP) is 5.45. The summed E-state index contributed by atoms with van der Waals surface area (Å²) in [6, 6.07) is 11.9. The number of hydrogen-bond acceptors (Lipinski definition) is 6. The number of anilines is 1. The van der Waals surface area contributed by atoms with E-state index in [-0.39, 0.29) is 18.2 Å². The minimum absolute atomic E-state index is 0.0172. The second kappa shape index (κ2) is 9.62. The number of rotatable bonds is 8. The predicted molar refractivity (Wildman–Crippen MR) is 116 cm³/mol. The lowest BCUT2D eigenvalue weighted by Gasteiger charge is -2.09. The lowest BCUT2D eigenvalue weighted by molar-refractivity contribution is -0.384. The van der Waals surface area contributed by atoms with Gasteiger partial charge in [0.25, 0.3) is 11.6 Å². The zero-order chi connectivity index (χ0) is 20.8. The maximum absolute atomic E-state index is 12.2. The molecular weight excluding hydrogens is 458 g/mol. The lowest BCUT2D eigenvalue weighted by Crippen LogP contribution is -2.20. The van der Waals surface area contributed by atoms with E-state index < -0.39 is 4.92 Å². The summed E-state index contributed by atoms with van der Waals surface area (Å²) in [6.45, 7) is 1.98. The first-order valence-corrected chi connectivity index (χ1v) is 10.5. The Bertz CT molecular complexity index is 1020. The van der Waals surface area contributed by atoms with Gasteiger partial charge in [-0.3, -0.25) is 20.2 Å². The molecule has 3 rings (SSSR count). The highest BCUT2D eigenvalue weighted by molar-refractivity contribution is 9.10. The minimum atomic E-state index is -0.452. The van der Waals surface area contributed by atoms with Crippen molar-refractivity contribution in [3.8, 4) is 17.0 Å². The van der Waals surface area contributed by atoms with Gasteiger partial charge in [0.2, 0.25) is 0 Å². The average molecular weight is 476 g/mol. The number of nitrogens with one attached hydrogen (secondary N) is 1. The van der Waals surface area contributed by atoms with Crippen LogP contribution in [-0.4, -0.2) is 22.4 Å². The molecule has 1 N–H and O–H groups in total. The Labute approximate surface area is 180 Å². The Morgan fingerprint density at radius 1 is 1.28 bits per heavy atom. The smallest absolute Gasteiger partial charge is 0.269 e. The largest absolute Gasteiger partial charge is 0.483 e. The van der Waals surface area contributed by atoms with Crippen molar-refractivity contribution in [2.45, 2.75) is 19.8 Å². The topological polar surface area (TPSA) is 94.4 Å². The number of halogens is 1. The second-order valence-corrected chi connectivity index (χ2v) is 7.91. The summed E-state index contributed by atoms with van der Waals surface area (Å²) in [7, 11) is 0. The number of ether oxygens (including phenoxy) is 1. The quantitative estimate of drug-likeness (QED) is 0.345. The van der Waals surface area contributed by atoms with E-state index in [1.54, 1.807) is 17.5 Å². The van der Waals surface area contributed by atoms with Gasteiger partial charge in [0.1, 0.15) is 5.75 Å². The Morgan fingerprint density at radius 2 is 2.03 bits per heavy atom. The van der Waals surface area contributed by atoms with E-state index >= 15 is 0 Å². The van der Waals surface area contributed by atoms with Crippen LogP contribution in [0.4, 0.5) is 10.8 Å². The Balaban J connectivity index is 1.57. The van der Waals surface area contributed by atoms with Crippen LogP contribution >= 0.6 is 27.3 Å². The van der Waals surface area contributed by atoms with Crippen molar-refractivity contribution in [1.29, 1.82) is 0 Å². The first-order chi connectivity index (χ1) is 14.0. The molecule has 9 heteroatoms. The van der Waals surface area contributed by atoms with Gasteiger partial charge < -0.3 is 4.74 Å². The summed E-state index contributed by atoms with van der Waals surface area (Å²) in [5.41, 5.74) is 2.59. The normalized spacial score (nSPS) is 10.6. The van der Waals surface area contributed by atoms with E-state index in [1.165, 1.54) is 29.0 Å².